The van der Waals surface area contributed by atoms with Gasteiger partial charge in [0.05, 0.1) is 0 Å². The van der Waals surface area contributed by atoms with Crippen LogP contribution in [0.25, 0.3) is 0 Å². The minimum Gasteiger partial charge on any atom is -0.324 e. The molecule has 4 heteroatoms. The van der Waals surface area contributed by atoms with Crippen molar-refractivity contribution in [2.24, 2.45) is 5.73 Å². The quantitative estimate of drug-likeness (QED) is 0.821. The van der Waals surface area contributed by atoms with Crippen LogP contribution in [0.4, 0.5) is 4.39 Å². The third kappa shape index (κ3) is 3.96. The van der Waals surface area contributed by atoms with Gasteiger partial charge in [-0.05, 0) is 48.4 Å². The van der Waals surface area contributed by atoms with Gasteiger partial charge in [-0.3, -0.25) is 0 Å². The molecule has 19 heavy (non-hydrogen) atoms. The summed E-state index contributed by atoms with van der Waals surface area (Å²) in [7, 11) is 0. The molecule has 0 saturated heterocycles. The van der Waals surface area contributed by atoms with E-state index in [0.29, 0.717) is 16.3 Å². The number of benzene rings is 2. The molecule has 0 fully saturated rings. The van der Waals surface area contributed by atoms with Crippen molar-refractivity contribution in [2.75, 3.05) is 0 Å². The average molecular weight is 296 g/mol. The Labute approximate surface area is 122 Å². The van der Waals surface area contributed by atoms with Crippen molar-refractivity contribution in [3.8, 4) is 0 Å². The van der Waals surface area contributed by atoms with Crippen molar-refractivity contribution in [1.82, 2.24) is 0 Å². The topological polar surface area (TPSA) is 26.0 Å². The van der Waals surface area contributed by atoms with Gasteiger partial charge in [0.25, 0.3) is 0 Å². The average Bonchev–Trinajstić information content (AvgIpc) is 2.40. The van der Waals surface area contributed by atoms with Crippen LogP contribution in [-0.4, -0.2) is 0 Å². The molecule has 0 aliphatic carbocycles. The molecule has 0 bridgehead atoms. The molecule has 0 saturated carbocycles. The molecule has 2 N–H and O–H groups in total. The van der Waals surface area contributed by atoms with Crippen molar-refractivity contribution in [1.29, 1.82) is 0 Å². The van der Waals surface area contributed by atoms with E-state index >= 15 is 0 Å². The Morgan fingerprint density at radius 2 is 1.89 bits per heavy atom. The van der Waals surface area contributed by atoms with E-state index in [0.717, 1.165) is 10.5 Å². The van der Waals surface area contributed by atoms with Crippen molar-refractivity contribution in [2.45, 2.75) is 23.6 Å². The fourth-order valence-corrected chi connectivity index (χ4v) is 2.75. The Morgan fingerprint density at radius 3 is 2.53 bits per heavy atom. The summed E-state index contributed by atoms with van der Waals surface area (Å²) in [5.41, 5.74) is 7.51. The lowest BCUT2D eigenvalue weighted by Crippen LogP contribution is -2.04. The second kappa shape index (κ2) is 6.42. The molecule has 0 aromatic heterocycles. The number of halogens is 2. The van der Waals surface area contributed by atoms with Gasteiger partial charge in [-0.1, -0.05) is 23.7 Å². The van der Waals surface area contributed by atoms with Crippen molar-refractivity contribution >= 4 is 23.4 Å². The Hall–Kier alpha value is -1.03. The molecule has 100 valence electrons. The van der Waals surface area contributed by atoms with E-state index in [1.54, 1.807) is 23.9 Å². The Morgan fingerprint density at radius 1 is 1.21 bits per heavy atom. The largest absolute Gasteiger partial charge is 0.324 e. The van der Waals surface area contributed by atoms with Gasteiger partial charge >= 0.3 is 0 Å². The van der Waals surface area contributed by atoms with Gasteiger partial charge in [0.2, 0.25) is 0 Å². The Balaban J connectivity index is 2.04. The summed E-state index contributed by atoms with van der Waals surface area (Å²) < 4.78 is 13.6. The molecule has 0 radical (unpaired) electrons. The van der Waals surface area contributed by atoms with Gasteiger partial charge in [0.1, 0.15) is 5.82 Å². The van der Waals surface area contributed by atoms with Crippen molar-refractivity contribution < 1.29 is 4.39 Å². The van der Waals surface area contributed by atoms with Gasteiger partial charge in [-0.25, -0.2) is 4.39 Å². The molecular weight excluding hydrogens is 281 g/mol. The van der Waals surface area contributed by atoms with Crippen molar-refractivity contribution in [3.05, 3.63) is 64.4 Å². The summed E-state index contributed by atoms with van der Waals surface area (Å²) in [6.07, 6.45) is 0. The maximum absolute atomic E-state index is 13.6. The van der Waals surface area contributed by atoms with Crippen LogP contribution in [0.3, 0.4) is 0 Å². The van der Waals surface area contributed by atoms with E-state index in [9.17, 15) is 4.39 Å². The molecular formula is C15H15ClFNS. The number of thioether (sulfide) groups is 1. The molecule has 0 amide bonds. The normalized spacial score (nSPS) is 12.4. The minimum atomic E-state index is -0.218. The summed E-state index contributed by atoms with van der Waals surface area (Å²) >= 11 is 7.44. The first-order chi connectivity index (χ1) is 9.06. The Kier molecular flexibility index (Phi) is 4.86. The van der Waals surface area contributed by atoms with Crippen LogP contribution in [0, 0.1) is 5.82 Å². The molecule has 2 aromatic rings. The summed E-state index contributed by atoms with van der Waals surface area (Å²) in [5, 5.41) is 0.560. The lowest BCUT2D eigenvalue weighted by atomic mass is 10.1. The second-order valence-electron chi connectivity index (χ2n) is 4.38. The monoisotopic (exact) mass is 295 g/mol. The molecule has 0 aliphatic heterocycles. The van der Waals surface area contributed by atoms with Gasteiger partial charge < -0.3 is 5.73 Å². The number of rotatable bonds is 4. The summed E-state index contributed by atoms with van der Waals surface area (Å²) in [6.45, 7) is 1.95. The molecule has 0 heterocycles. The highest BCUT2D eigenvalue weighted by atomic mass is 35.5. The molecule has 1 atom stereocenters. The third-order valence-electron chi connectivity index (χ3n) is 2.81. The van der Waals surface area contributed by atoms with E-state index in [-0.39, 0.29) is 11.9 Å². The van der Waals surface area contributed by atoms with E-state index < -0.39 is 0 Å². The Bertz CT molecular complexity index is 555. The molecule has 0 spiro atoms. The van der Waals surface area contributed by atoms with Gasteiger partial charge in [0.15, 0.2) is 0 Å². The van der Waals surface area contributed by atoms with Gasteiger partial charge in [-0.2, -0.15) is 0 Å². The third-order valence-corrected chi connectivity index (χ3v) is 4.10. The molecule has 1 nitrogen and oxygen atoms in total. The van der Waals surface area contributed by atoms with Crippen LogP contribution < -0.4 is 5.73 Å². The number of hydrogen-bond acceptors (Lipinski definition) is 2. The van der Waals surface area contributed by atoms with E-state index in [2.05, 4.69) is 0 Å². The number of hydrogen-bond donors (Lipinski definition) is 1. The highest BCUT2D eigenvalue weighted by Crippen LogP contribution is 2.26. The van der Waals surface area contributed by atoms with Crippen LogP contribution in [0.5, 0.6) is 0 Å². The molecule has 1 unspecified atom stereocenters. The summed E-state index contributed by atoms with van der Waals surface area (Å²) in [5.74, 6) is 0.341. The highest BCUT2D eigenvalue weighted by Gasteiger charge is 2.05. The second-order valence-corrected chi connectivity index (χ2v) is 5.87. The number of nitrogens with two attached hydrogens (primary N) is 1. The van der Waals surface area contributed by atoms with Gasteiger partial charge in [0, 0.05) is 21.7 Å². The van der Waals surface area contributed by atoms with Crippen LogP contribution >= 0.6 is 23.4 Å². The van der Waals surface area contributed by atoms with Gasteiger partial charge in [-0.15, -0.1) is 11.8 Å². The standard InChI is InChI=1S/C15H15ClFNS/c1-10(18)11-2-5-14(6-3-11)19-9-12-8-13(16)4-7-15(12)17/h2-8,10H,9,18H2,1H3. The molecule has 0 aliphatic rings. The van der Waals surface area contributed by atoms with Crippen LogP contribution in [-0.2, 0) is 5.75 Å². The van der Waals surface area contributed by atoms with E-state index in [1.807, 2.05) is 31.2 Å². The first kappa shape index (κ1) is 14.4. The first-order valence-electron chi connectivity index (χ1n) is 5.98. The zero-order chi connectivity index (χ0) is 13.8. The van der Waals surface area contributed by atoms with Crippen molar-refractivity contribution in [3.63, 3.8) is 0 Å². The maximum Gasteiger partial charge on any atom is 0.127 e. The van der Waals surface area contributed by atoms with Crippen LogP contribution in [0.2, 0.25) is 5.02 Å². The minimum absolute atomic E-state index is 0.0319. The summed E-state index contributed by atoms with van der Waals surface area (Å²) in [6, 6.07) is 12.7. The fraction of sp³-hybridized carbons (Fsp3) is 0.200. The smallest absolute Gasteiger partial charge is 0.127 e. The zero-order valence-corrected chi connectivity index (χ0v) is 12.1. The lowest BCUT2D eigenvalue weighted by Gasteiger charge is -2.07. The maximum atomic E-state index is 13.6. The lowest BCUT2D eigenvalue weighted by molar-refractivity contribution is 0.617. The molecule has 2 rings (SSSR count). The van der Waals surface area contributed by atoms with E-state index in [1.165, 1.54) is 6.07 Å². The molecule has 2 aromatic carbocycles. The van der Waals surface area contributed by atoms with Crippen LogP contribution in [0.15, 0.2) is 47.4 Å². The summed E-state index contributed by atoms with van der Waals surface area (Å²) in [4.78, 5) is 1.09. The predicted octanol–water partition coefficient (Wildman–Crippen LogP) is 4.79. The van der Waals surface area contributed by atoms with Crippen LogP contribution in [0.1, 0.15) is 24.1 Å². The fourth-order valence-electron chi connectivity index (χ4n) is 1.68. The zero-order valence-electron chi connectivity index (χ0n) is 10.6. The first-order valence-corrected chi connectivity index (χ1v) is 7.35. The SMILES string of the molecule is CC(N)c1ccc(SCc2cc(Cl)ccc2F)cc1. The highest BCUT2D eigenvalue weighted by molar-refractivity contribution is 7.98. The van der Waals surface area contributed by atoms with E-state index in [4.69, 9.17) is 17.3 Å². The predicted molar refractivity (Wildman–Crippen MR) is 80.0 cm³/mol.